The van der Waals surface area contributed by atoms with Crippen molar-refractivity contribution in [3.8, 4) is 44.5 Å². The van der Waals surface area contributed by atoms with Crippen molar-refractivity contribution >= 4 is 43.5 Å². The minimum Gasteiger partial charge on any atom is -0.455 e. The second-order valence-corrected chi connectivity index (χ2v) is 10.7. The van der Waals surface area contributed by atoms with Crippen LogP contribution in [-0.4, -0.2) is 0 Å². The SMILES string of the molecule is [2H]c1c([2H])c([2H])c(-c2cccc(-c3c4c([2H])c([2H])c([2H])c([2H])c4c(-c4cc(-c5ccccc5)c5oc6ccccc6c5c4)c4c([2H])c([2H])c([2H])c([2H])c34)c2)c([2H])c1[2H]. The van der Waals surface area contributed by atoms with Gasteiger partial charge in [-0.3, -0.25) is 0 Å². The molecule has 0 radical (unpaired) electrons. The van der Waals surface area contributed by atoms with Crippen molar-refractivity contribution in [3.63, 3.8) is 0 Å². The molecular weight excluding hydrogens is 544 g/mol. The van der Waals surface area contributed by atoms with Crippen LogP contribution in [0.2, 0.25) is 0 Å². The van der Waals surface area contributed by atoms with Gasteiger partial charge in [-0.25, -0.2) is 0 Å². The van der Waals surface area contributed by atoms with E-state index in [-0.39, 0.29) is 49.4 Å². The average Bonchev–Trinajstić information content (AvgIpc) is 3.62. The van der Waals surface area contributed by atoms with Crippen molar-refractivity contribution in [3.05, 3.63) is 170 Å². The zero-order valence-electron chi connectivity index (χ0n) is 36.6. The van der Waals surface area contributed by atoms with Crippen LogP contribution in [0.4, 0.5) is 0 Å². The molecule has 1 heteroatoms. The van der Waals surface area contributed by atoms with E-state index in [9.17, 15) is 5.48 Å². The molecule has 0 aliphatic heterocycles. The highest BCUT2D eigenvalue weighted by molar-refractivity contribution is 6.23. The molecule has 210 valence electrons. The van der Waals surface area contributed by atoms with Crippen LogP contribution in [0.25, 0.3) is 88.0 Å². The molecular formula is C44H28O. The minimum atomic E-state index is -0.563. The van der Waals surface area contributed by atoms with E-state index < -0.39 is 78.6 Å². The van der Waals surface area contributed by atoms with Crippen LogP contribution in [-0.2, 0) is 0 Å². The Morgan fingerprint density at radius 2 is 0.956 bits per heavy atom. The molecule has 0 aliphatic carbocycles. The third kappa shape index (κ3) is 4.17. The van der Waals surface area contributed by atoms with Crippen LogP contribution in [0.1, 0.15) is 17.8 Å². The third-order valence-electron chi connectivity index (χ3n) is 8.17. The first-order chi connectivity index (χ1) is 27.7. The molecule has 1 nitrogen and oxygen atoms in total. The topological polar surface area (TPSA) is 13.1 Å². The largest absolute Gasteiger partial charge is 0.455 e. The number of furan rings is 1. The molecule has 0 bridgehead atoms. The third-order valence-corrected chi connectivity index (χ3v) is 8.17. The fourth-order valence-corrected chi connectivity index (χ4v) is 6.23. The second-order valence-electron chi connectivity index (χ2n) is 10.7. The number of hydrogen-bond donors (Lipinski definition) is 0. The van der Waals surface area contributed by atoms with Gasteiger partial charge in [-0.05, 0) is 84.8 Å². The minimum absolute atomic E-state index is 0.0119. The highest BCUT2D eigenvalue weighted by Crippen LogP contribution is 2.47. The first kappa shape index (κ1) is 15.7. The number of rotatable bonds is 4. The molecule has 0 unspecified atom stereocenters. The molecule has 0 atom stereocenters. The maximum Gasteiger partial charge on any atom is 0.143 e. The van der Waals surface area contributed by atoms with Gasteiger partial charge in [0.1, 0.15) is 11.2 Å². The van der Waals surface area contributed by atoms with Gasteiger partial charge < -0.3 is 4.42 Å². The Morgan fingerprint density at radius 3 is 1.67 bits per heavy atom. The van der Waals surface area contributed by atoms with Crippen LogP contribution in [0, 0.1) is 0 Å². The summed E-state index contributed by atoms with van der Waals surface area (Å²) in [6.07, 6.45) is 0. The van der Waals surface area contributed by atoms with Crippen LogP contribution < -0.4 is 0 Å². The van der Waals surface area contributed by atoms with E-state index in [0.717, 1.165) is 10.9 Å². The van der Waals surface area contributed by atoms with Gasteiger partial charge in [0.2, 0.25) is 0 Å². The van der Waals surface area contributed by atoms with Gasteiger partial charge in [-0.1, -0.05) is 145 Å². The molecule has 9 aromatic rings. The van der Waals surface area contributed by atoms with Crippen LogP contribution in [0.5, 0.6) is 0 Å². The van der Waals surface area contributed by atoms with E-state index in [1.807, 2.05) is 66.7 Å². The number of hydrogen-bond acceptors (Lipinski definition) is 1. The van der Waals surface area contributed by atoms with E-state index >= 15 is 0 Å². The lowest BCUT2D eigenvalue weighted by Crippen LogP contribution is -1.92. The maximum absolute atomic E-state index is 9.44. The molecule has 0 spiro atoms. The number of fused-ring (bicyclic) bond motifs is 5. The Balaban J connectivity index is 1.51. The Hall–Kier alpha value is -5.92. The summed E-state index contributed by atoms with van der Waals surface area (Å²) in [6, 6.07) is 20.3. The van der Waals surface area contributed by atoms with E-state index in [0.29, 0.717) is 27.7 Å². The zero-order chi connectivity index (χ0) is 41.1. The van der Waals surface area contributed by atoms with Crippen LogP contribution in [0.3, 0.4) is 0 Å². The average molecular weight is 586 g/mol. The standard InChI is InChI=1S/C44H28O/c1-3-14-29(15-4-1)31-18-13-19-32(26-31)42-35-21-7-9-23-37(35)43(38-24-10-8-22-36(38)42)33-27-39(30-16-5-2-6-17-30)44-40(28-33)34-20-11-12-25-41(34)45-44/h1-28H/i1D,3D,4D,7D,8D,9D,10D,14D,15D,21D,22D,23D,24D. The highest BCUT2D eigenvalue weighted by atomic mass is 16.3. The van der Waals surface area contributed by atoms with Crippen molar-refractivity contribution in [2.24, 2.45) is 0 Å². The predicted molar refractivity (Wildman–Crippen MR) is 190 cm³/mol. The number of benzene rings is 8. The monoisotopic (exact) mass is 585 g/mol. The lowest BCUT2D eigenvalue weighted by Gasteiger charge is -2.19. The number of para-hydroxylation sites is 1. The first-order valence-electron chi connectivity index (χ1n) is 20.9. The summed E-state index contributed by atoms with van der Waals surface area (Å²) in [5, 5.41) is 1.45. The summed E-state index contributed by atoms with van der Waals surface area (Å²) in [5.74, 6) is 0. The quantitative estimate of drug-likeness (QED) is 0.187. The van der Waals surface area contributed by atoms with E-state index in [1.54, 1.807) is 18.2 Å². The van der Waals surface area contributed by atoms with Crippen molar-refractivity contribution in [2.45, 2.75) is 0 Å². The highest BCUT2D eigenvalue weighted by Gasteiger charge is 2.20. The molecule has 0 fully saturated rings. The summed E-state index contributed by atoms with van der Waals surface area (Å²) < 4.78 is 122. The van der Waals surface area contributed by atoms with Crippen molar-refractivity contribution in [1.82, 2.24) is 0 Å². The molecule has 45 heavy (non-hydrogen) atoms. The summed E-state index contributed by atoms with van der Waals surface area (Å²) in [4.78, 5) is 0. The van der Waals surface area contributed by atoms with Crippen LogP contribution >= 0.6 is 0 Å². The maximum atomic E-state index is 9.44. The molecule has 1 aromatic heterocycles. The first-order valence-corrected chi connectivity index (χ1v) is 14.4. The normalized spacial score (nSPS) is 15.6. The fourth-order valence-electron chi connectivity index (χ4n) is 6.23. The van der Waals surface area contributed by atoms with E-state index in [2.05, 4.69) is 0 Å². The van der Waals surface area contributed by atoms with Gasteiger partial charge >= 0.3 is 0 Å². The predicted octanol–water partition coefficient (Wildman–Crippen LogP) is 12.6. The van der Waals surface area contributed by atoms with Gasteiger partial charge in [0.05, 0.1) is 17.8 Å². The Labute approximate surface area is 279 Å². The zero-order valence-corrected chi connectivity index (χ0v) is 23.6. The molecule has 8 aromatic carbocycles. The molecule has 0 amide bonds. The smallest absolute Gasteiger partial charge is 0.143 e. The van der Waals surface area contributed by atoms with Crippen molar-refractivity contribution < 1.29 is 22.2 Å². The fraction of sp³-hybridized carbons (Fsp3) is 0. The molecule has 1 heterocycles. The Kier molecular flexibility index (Phi) is 3.62. The molecule has 0 saturated carbocycles. The van der Waals surface area contributed by atoms with Gasteiger partial charge in [-0.2, -0.15) is 0 Å². The summed E-state index contributed by atoms with van der Waals surface area (Å²) >= 11 is 0. The molecule has 0 N–H and O–H groups in total. The second kappa shape index (κ2) is 10.4. The molecule has 9 rings (SSSR count). The summed E-state index contributed by atoms with van der Waals surface area (Å²) in [6.45, 7) is 0. The van der Waals surface area contributed by atoms with Crippen molar-refractivity contribution in [1.29, 1.82) is 0 Å². The van der Waals surface area contributed by atoms with Gasteiger partial charge in [0.25, 0.3) is 0 Å². The lowest BCUT2D eigenvalue weighted by atomic mass is 9.84. The van der Waals surface area contributed by atoms with Crippen molar-refractivity contribution in [2.75, 3.05) is 0 Å². The summed E-state index contributed by atoms with van der Waals surface area (Å²) in [5.41, 5.74) is 3.61. The van der Waals surface area contributed by atoms with E-state index in [1.165, 1.54) is 6.07 Å². The summed E-state index contributed by atoms with van der Waals surface area (Å²) in [7, 11) is 0. The Bertz CT molecular complexity index is 3150. The van der Waals surface area contributed by atoms with Crippen LogP contribution in [0.15, 0.2) is 174 Å². The van der Waals surface area contributed by atoms with Gasteiger partial charge in [0.15, 0.2) is 0 Å². The molecule has 0 saturated heterocycles. The van der Waals surface area contributed by atoms with Gasteiger partial charge in [-0.15, -0.1) is 0 Å². The van der Waals surface area contributed by atoms with E-state index in [4.69, 9.17) is 16.8 Å². The molecule has 0 aliphatic rings. The Morgan fingerprint density at radius 1 is 0.378 bits per heavy atom. The van der Waals surface area contributed by atoms with Gasteiger partial charge in [0, 0.05) is 16.3 Å². The lowest BCUT2D eigenvalue weighted by molar-refractivity contribution is 0.670.